The zero-order valence-corrected chi connectivity index (χ0v) is 8.68. The molecule has 5 heteroatoms. The van der Waals surface area contributed by atoms with E-state index in [4.69, 9.17) is 0 Å². The Balaban J connectivity index is 2.19. The van der Waals surface area contributed by atoms with E-state index in [9.17, 15) is 0 Å². The monoisotopic (exact) mass is 219 g/mol. The van der Waals surface area contributed by atoms with E-state index < -0.39 is 0 Å². The molecule has 3 rings (SSSR count). The third kappa shape index (κ3) is 1.21. The standard InChI is InChI=1S/C9H5N3S2/c1-3-10-4-2-6(1)7-12-9-8(14-7)11-5-13-9/h1-5H. The van der Waals surface area contributed by atoms with E-state index in [-0.39, 0.29) is 0 Å². The second-order valence-electron chi connectivity index (χ2n) is 2.72. The molecule has 3 aromatic heterocycles. The van der Waals surface area contributed by atoms with Gasteiger partial charge in [0.05, 0.1) is 5.51 Å². The van der Waals surface area contributed by atoms with Crippen LogP contribution in [0.4, 0.5) is 0 Å². The highest BCUT2D eigenvalue weighted by Crippen LogP contribution is 2.30. The molecule has 0 fully saturated rings. The van der Waals surface area contributed by atoms with Gasteiger partial charge in [0.25, 0.3) is 0 Å². The second kappa shape index (κ2) is 3.11. The van der Waals surface area contributed by atoms with Crippen LogP contribution < -0.4 is 0 Å². The first kappa shape index (κ1) is 8.02. The number of rotatable bonds is 1. The van der Waals surface area contributed by atoms with Crippen LogP contribution >= 0.6 is 22.7 Å². The molecular formula is C9H5N3S2. The number of thiazole rings is 2. The van der Waals surface area contributed by atoms with E-state index in [1.165, 1.54) is 0 Å². The van der Waals surface area contributed by atoms with E-state index in [2.05, 4.69) is 15.0 Å². The molecule has 0 atom stereocenters. The molecule has 0 aliphatic heterocycles. The summed E-state index contributed by atoms with van der Waals surface area (Å²) in [6.45, 7) is 0. The first-order chi connectivity index (χ1) is 6.93. The zero-order valence-electron chi connectivity index (χ0n) is 7.04. The molecular weight excluding hydrogens is 214 g/mol. The van der Waals surface area contributed by atoms with Crippen molar-refractivity contribution < 1.29 is 0 Å². The van der Waals surface area contributed by atoms with Crippen molar-refractivity contribution in [2.45, 2.75) is 0 Å². The molecule has 0 amide bonds. The molecule has 0 bridgehead atoms. The Hall–Kier alpha value is -1.33. The number of aromatic nitrogens is 3. The largest absolute Gasteiger partial charge is 0.265 e. The summed E-state index contributed by atoms with van der Waals surface area (Å²) >= 11 is 3.19. The van der Waals surface area contributed by atoms with E-state index >= 15 is 0 Å². The highest BCUT2D eigenvalue weighted by molar-refractivity contribution is 7.27. The maximum absolute atomic E-state index is 4.49. The number of fused-ring (bicyclic) bond motifs is 1. The van der Waals surface area contributed by atoms with Gasteiger partial charge in [-0.1, -0.05) is 11.3 Å². The predicted octanol–water partition coefficient (Wildman–Crippen LogP) is 2.81. The third-order valence-corrected chi connectivity index (χ3v) is 3.70. The van der Waals surface area contributed by atoms with E-state index in [0.29, 0.717) is 0 Å². The molecule has 0 aliphatic carbocycles. The van der Waals surface area contributed by atoms with Gasteiger partial charge in [-0.2, -0.15) is 0 Å². The van der Waals surface area contributed by atoms with Crippen LogP contribution in [0, 0.1) is 0 Å². The van der Waals surface area contributed by atoms with Gasteiger partial charge in [0.1, 0.15) is 5.01 Å². The molecule has 68 valence electrons. The fourth-order valence-electron chi connectivity index (χ4n) is 1.20. The summed E-state index contributed by atoms with van der Waals surface area (Å²) in [6.07, 6.45) is 3.55. The lowest BCUT2D eigenvalue weighted by atomic mass is 10.3. The highest BCUT2D eigenvalue weighted by atomic mass is 32.1. The Morgan fingerprint density at radius 2 is 1.93 bits per heavy atom. The molecule has 0 radical (unpaired) electrons. The summed E-state index contributed by atoms with van der Waals surface area (Å²) in [5.74, 6) is 0. The van der Waals surface area contributed by atoms with Crippen molar-refractivity contribution in [3.05, 3.63) is 30.0 Å². The third-order valence-electron chi connectivity index (χ3n) is 1.84. The van der Waals surface area contributed by atoms with Crippen LogP contribution in [0.15, 0.2) is 30.0 Å². The van der Waals surface area contributed by atoms with Crippen LogP contribution in [0.1, 0.15) is 0 Å². The summed E-state index contributed by atoms with van der Waals surface area (Å²) in [6, 6.07) is 3.92. The Morgan fingerprint density at radius 1 is 1.07 bits per heavy atom. The van der Waals surface area contributed by atoms with Crippen molar-refractivity contribution in [3.63, 3.8) is 0 Å². The van der Waals surface area contributed by atoms with E-state index in [1.807, 2.05) is 17.6 Å². The topological polar surface area (TPSA) is 38.7 Å². The maximum atomic E-state index is 4.49. The van der Waals surface area contributed by atoms with Crippen molar-refractivity contribution in [2.24, 2.45) is 0 Å². The van der Waals surface area contributed by atoms with Gasteiger partial charge in [-0.05, 0) is 12.1 Å². The smallest absolute Gasteiger partial charge is 0.155 e. The van der Waals surface area contributed by atoms with Gasteiger partial charge in [0, 0.05) is 18.0 Å². The minimum atomic E-state index is 1.02. The van der Waals surface area contributed by atoms with Gasteiger partial charge in [-0.3, -0.25) is 4.98 Å². The van der Waals surface area contributed by atoms with Crippen molar-refractivity contribution >= 4 is 32.3 Å². The van der Waals surface area contributed by atoms with Crippen LogP contribution in [0.25, 0.3) is 20.2 Å². The van der Waals surface area contributed by atoms with Crippen molar-refractivity contribution in [1.29, 1.82) is 0 Å². The Labute approximate surface area is 88.1 Å². The highest BCUT2D eigenvalue weighted by Gasteiger charge is 2.07. The van der Waals surface area contributed by atoms with Crippen LogP contribution in [0.2, 0.25) is 0 Å². The summed E-state index contributed by atoms with van der Waals surface area (Å²) in [7, 11) is 0. The zero-order chi connectivity index (χ0) is 9.38. The molecule has 0 spiro atoms. The van der Waals surface area contributed by atoms with Crippen molar-refractivity contribution in [3.8, 4) is 10.6 Å². The normalized spacial score (nSPS) is 10.9. The first-order valence-electron chi connectivity index (χ1n) is 4.04. The fourth-order valence-corrected chi connectivity index (χ4v) is 2.96. The number of nitrogens with zero attached hydrogens (tertiary/aromatic N) is 3. The number of hydrogen-bond donors (Lipinski definition) is 0. The van der Waals surface area contributed by atoms with Crippen molar-refractivity contribution in [2.75, 3.05) is 0 Å². The summed E-state index contributed by atoms with van der Waals surface area (Å²) in [5.41, 5.74) is 2.93. The van der Waals surface area contributed by atoms with Gasteiger partial charge in [0.2, 0.25) is 0 Å². The molecule has 3 aromatic rings. The van der Waals surface area contributed by atoms with Gasteiger partial charge in [-0.25, -0.2) is 9.97 Å². The van der Waals surface area contributed by atoms with Crippen LogP contribution in [-0.4, -0.2) is 15.0 Å². The average Bonchev–Trinajstić information content (AvgIpc) is 2.78. The summed E-state index contributed by atoms with van der Waals surface area (Å²) < 4.78 is 0. The molecule has 3 heterocycles. The van der Waals surface area contributed by atoms with Crippen LogP contribution in [0.3, 0.4) is 0 Å². The fraction of sp³-hybridized carbons (Fsp3) is 0. The summed E-state index contributed by atoms with van der Waals surface area (Å²) in [5, 5.41) is 1.02. The van der Waals surface area contributed by atoms with Crippen molar-refractivity contribution in [1.82, 2.24) is 15.0 Å². The summed E-state index contributed by atoms with van der Waals surface area (Å²) in [4.78, 5) is 14.7. The molecule has 0 aromatic carbocycles. The molecule has 3 nitrogen and oxygen atoms in total. The Bertz CT molecular complexity index is 527. The Kier molecular flexibility index (Phi) is 1.78. The molecule has 0 saturated heterocycles. The van der Waals surface area contributed by atoms with Crippen LogP contribution in [-0.2, 0) is 0 Å². The molecule has 0 N–H and O–H groups in total. The van der Waals surface area contributed by atoms with Gasteiger partial charge < -0.3 is 0 Å². The average molecular weight is 219 g/mol. The van der Waals surface area contributed by atoms with E-state index in [1.54, 1.807) is 35.1 Å². The number of hydrogen-bond acceptors (Lipinski definition) is 5. The lowest BCUT2D eigenvalue weighted by molar-refractivity contribution is 1.32. The quantitative estimate of drug-likeness (QED) is 0.631. The number of pyridine rings is 1. The van der Waals surface area contributed by atoms with Gasteiger partial charge >= 0.3 is 0 Å². The molecule has 14 heavy (non-hydrogen) atoms. The Morgan fingerprint density at radius 3 is 2.71 bits per heavy atom. The molecule has 0 unspecified atom stereocenters. The van der Waals surface area contributed by atoms with Gasteiger partial charge in [-0.15, -0.1) is 11.3 Å². The maximum Gasteiger partial charge on any atom is 0.155 e. The molecule has 0 saturated carbocycles. The lowest BCUT2D eigenvalue weighted by Gasteiger charge is -1.91. The second-order valence-corrected chi connectivity index (χ2v) is 4.53. The van der Waals surface area contributed by atoms with Gasteiger partial charge in [0.15, 0.2) is 9.66 Å². The SMILES string of the molecule is c1cc(-c2nc3scnc3s2)ccn1. The lowest BCUT2D eigenvalue weighted by Crippen LogP contribution is -1.74. The minimum absolute atomic E-state index is 1.02. The first-order valence-corrected chi connectivity index (χ1v) is 5.73. The molecule has 0 aliphatic rings. The minimum Gasteiger partial charge on any atom is -0.265 e. The predicted molar refractivity (Wildman–Crippen MR) is 58.5 cm³/mol. The van der Waals surface area contributed by atoms with E-state index in [0.717, 1.165) is 20.2 Å². The van der Waals surface area contributed by atoms with Crippen LogP contribution in [0.5, 0.6) is 0 Å².